The van der Waals surface area contributed by atoms with Gasteiger partial charge in [0.15, 0.2) is 11.5 Å². The molecule has 0 aliphatic heterocycles. The molecule has 0 aliphatic carbocycles. The first-order valence-corrected chi connectivity index (χ1v) is 8.93. The van der Waals surface area contributed by atoms with Crippen molar-refractivity contribution in [2.75, 3.05) is 12.5 Å². The number of nitrogens with zero attached hydrogens (tertiary/aromatic N) is 1. The van der Waals surface area contributed by atoms with Crippen LogP contribution in [0.4, 0.5) is 5.69 Å². The Morgan fingerprint density at radius 2 is 1.78 bits per heavy atom. The van der Waals surface area contributed by atoms with E-state index in [-0.39, 0.29) is 0 Å². The molecule has 0 bridgehead atoms. The van der Waals surface area contributed by atoms with Crippen LogP contribution >= 0.6 is 11.6 Å². The van der Waals surface area contributed by atoms with Crippen LogP contribution in [-0.2, 0) is 6.61 Å². The third kappa shape index (κ3) is 5.25. The fourth-order valence-electron chi connectivity index (χ4n) is 2.47. The summed E-state index contributed by atoms with van der Waals surface area (Å²) in [6.07, 6.45) is 1.74. The Bertz CT molecular complexity index is 924. The number of benzene rings is 3. The third-order valence-electron chi connectivity index (χ3n) is 3.99. The Hall–Kier alpha value is -2.98. The summed E-state index contributed by atoms with van der Waals surface area (Å²) in [5.41, 5.74) is 6.96. The van der Waals surface area contributed by atoms with Crippen molar-refractivity contribution >= 4 is 23.5 Å². The number of aryl methyl sites for hydroxylation is 1. The number of hydrogen-bond donors (Lipinski definition) is 1. The van der Waals surface area contributed by atoms with E-state index in [0.29, 0.717) is 23.1 Å². The van der Waals surface area contributed by atoms with Gasteiger partial charge in [-0.1, -0.05) is 47.5 Å². The Labute approximate surface area is 164 Å². The summed E-state index contributed by atoms with van der Waals surface area (Å²) in [6, 6.07) is 21.3. The Morgan fingerprint density at radius 3 is 2.52 bits per heavy atom. The van der Waals surface area contributed by atoms with Crippen molar-refractivity contribution in [1.29, 1.82) is 0 Å². The SMILES string of the molecule is COc1ccc(C=NNc2ccc(C)cc2)cc1OCc1ccccc1Cl. The summed E-state index contributed by atoms with van der Waals surface area (Å²) in [6.45, 7) is 2.41. The smallest absolute Gasteiger partial charge is 0.162 e. The average molecular weight is 381 g/mol. The van der Waals surface area contributed by atoms with Crippen molar-refractivity contribution in [3.8, 4) is 11.5 Å². The monoisotopic (exact) mass is 380 g/mol. The van der Waals surface area contributed by atoms with Gasteiger partial charge in [0.25, 0.3) is 0 Å². The van der Waals surface area contributed by atoms with E-state index in [2.05, 4.69) is 17.5 Å². The first-order chi connectivity index (χ1) is 13.2. The van der Waals surface area contributed by atoms with Gasteiger partial charge in [-0.25, -0.2) is 0 Å². The molecule has 0 aliphatic rings. The highest BCUT2D eigenvalue weighted by molar-refractivity contribution is 6.31. The second-order valence-electron chi connectivity index (χ2n) is 6.03. The highest BCUT2D eigenvalue weighted by atomic mass is 35.5. The van der Waals surface area contributed by atoms with Crippen LogP contribution in [0.3, 0.4) is 0 Å². The van der Waals surface area contributed by atoms with Gasteiger partial charge < -0.3 is 9.47 Å². The van der Waals surface area contributed by atoms with Gasteiger partial charge in [0, 0.05) is 10.6 Å². The maximum atomic E-state index is 6.19. The number of rotatable bonds is 7. The largest absolute Gasteiger partial charge is 0.493 e. The number of hydrazone groups is 1. The Morgan fingerprint density at radius 1 is 1.00 bits per heavy atom. The maximum absolute atomic E-state index is 6.19. The van der Waals surface area contributed by atoms with Crippen molar-refractivity contribution in [3.05, 3.63) is 88.4 Å². The van der Waals surface area contributed by atoms with Crippen molar-refractivity contribution < 1.29 is 9.47 Å². The van der Waals surface area contributed by atoms with E-state index in [1.165, 1.54) is 5.56 Å². The molecule has 5 heteroatoms. The third-order valence-corrected chi connectivity index (χ3v) is 4.36. The van der Waals surface area contributed by atoms with Crippen LogP contribution in [0.25, 0.3) is 0 Å². The summed E-state index contributed by atoms with van der Waals surface area (Å²) in [7, 11) is 1.62. The maximum Gasteiger partial charge on any atom is 0.162 e. The summed E-state index contributed by atoms with van der Waals surface area (Å²) in [4.78, 5) is 0. The van der Waals surface area contributed by atoms with Gasteiger partial charge in [-0.2, -0.15) is 5.10 Å². The lowest BCUT2D eigenvalue weighted by Gasteiger charge is -2.12. The van der Waals surface area contributed by atoms with Crippen LogP contribution in [0.5, 0.6) is 11.5 Å². The molecule has 0 saturated carbocycles. The molecule has 0 heterocycles. The van der Waals surface area contributed by atoms with Crippen molar-refractivity contribution in [2.24, 2.45) is 5.10 Å². The van der Waals surface area contributed by atoms with Crippen molar-refractivity contribution in [3.63, 3.8) is 0 Å². The second-order valence-corrected chi connectivity index (χ2v) is 6.43. The molecule has 0 amide bonds. The van der Waals surface area contributed by atoms with Crippen LogP contribution in [-0.4, -0.2) is 13.3 Å². The van der Waals surface area contributed by atoms with Crippen LogP contribution in [0, 0.1) is 6.92 Å². The lowest BCUT2D eigenvalue weighted by Crippen LogP contribution is -1.99. The van der Waals surface area contributed by atoms with Crippen LogP contribution < -0.4 is 14.9 Å². The van der Waals surface area contributed by atoms with Crippen molar-refractivity contribution in [1.82, 2.24) is 0 Å². The molecular weight excluding hydrogens is 360 g/mol. The quantitative estimate of drug-likeness (QED) is 0.423. The fourth-order valence-corrected chi connectivity index (χ4v) is 2.66. The van der Waals surface area contributed by atoms with E-state index in [1.807, 2.05) is 66.7 Å². The van der Waals surface area contributed by atoms with Gasteiger partial charge in [-0.3, -0.25) is 5.43 Å². The van der Waals surface area contributed by atoms with Gasteiger partial charge in [0.05, 0.1) is 19.0 Å². The minimum Gasteiger partial charge on any atom is -0.493 e. The lowest BCUT2D eigenvalue weighted by atomic mass is 10.2. The number of hydrogen-bond acceptors (Lipinski definition) is 4. The number of ether oxygens (including phenoxy) is 2. The molecule has 3 aromatic rings. The van der Waals surface area contributed by atoms with Gasteiger partial charge in [-0.15, -0.1) is 0 Å². The first-order valence-electron chi connectivity index (χ1n) is 8.55. The van der Waals surface area contributed by atoms with Gasteiger partial charge in [-0.05, 0) is 48.9 Å². The Balaban J connectivity index is 1.69. The molecule has 0 saturated heterocycles. The molecule has 1 N–H and O–H groups in total. The minimum atomic E-state index is 0.359. The molecule has 138 valence electrons. The van der Waals surface area contributed by atoms with E-state index in [0.717, 1.165) is 16.8 Å². The van der Waals surface area contributed by atoms with Crippen LogP contribution in [0.2, 0.25) is 5.02 Å². The summed E-state index contributed by atoms with van der Waals surface area (Å²) in [5, 5.41) is 4.96. The molecule has 27 heavy (non-hydrogen) atoms. The molecule has 0 aromatic heterocycles. The molecule has 0 unspecified atom stereocenters. The summed E-state index contributed by atoms with van der Waals surface area (Å²) in [5.74, 6) is 1.29. The Kier molecular flexibility index (Phi) is 6.34. The summed E-state index contributed by atoms with van der Waals surface area (Å²) < 4.78 is 11.3. The molecule has 0 fully saturated rings. The fraction of sp³-hybridized carbons (Fsp3) is 0.136. The first kappa shape index (κ1) is 18.8. The van der Waals surface area contributed by atoms with Gasteiger partial charge in [0.2, 0.25) is 0 Å². The molecular formula is C22H21ClN2O2. The van der Waals surface area contributed by atoms with E-state index < -0.39 is 0 Å². The predicted molar refractivity (Wildman–Crippen MR) is 111 cm³/mol. The number of methoxy groups -OCH3 is 1. The molecule has 4 nitrogen and oxygen atoms in total. The topological polar surface area (TPSA) is 42.8 Å². The molecule has 0 atom stereocenters. The van der Waals surface area contributed by atoms with E-state index in [4.69, 9.17) is 21.1 Å². The number of halogens is 1. The van der Waals surface area contributed by atoms with E-state index >= 15 is 0 Å². The summed E-state index contributed by atoms with van der Waals surface area (Å²) >= 11 is 6.19. The lowest BCUT2D eigenvalue weighted by molar-refractivity contribution is 0.284. The minimum absolute atomic E-state index is 0.359. The van der Waals surface area contributed by atoms with Crippen LogP contribution in [0.1, 0.15) is 16.7 Å². The zero-order valence-electron chi connectivity index (χ0n) is 15.3. The average Bonchev–Trinajstić information content (AvgIpc) is 2.69. The number of anilines is 1. The molecule has 3 aromatic carbocycles. The van der Waals surface area contributed by atoms with E-state index in [1.54, 1.807) is 13.3 Å². The molecule has 3 rings (SSSR count). The zero-order chi connectivity index (χ0) is 19.1. The standard InChI is InChI=1S/C22H21ClN2O2/c1-16-7-10-19(11-8-16)25-24-14-17-9-12-21(26-2)22(13-17)27-15-18-5-3-4-6-20(18)23/h3-14,25H,15H2,1-2H3. The van der Waals surface area contributed by atoms with Crippen molar-refractivity contribution in [2.45, 2.75) is 13.5 Å². The number of nitrogens with one attached hydrogen (secondary N) is 1. The molecule has 0 spiro atoms. The van der Waals surface area contributed by atoms with Crippen LogP contribution in [0.15, 0.2) is 71.8 Å². The zero-order valence-corrected chi connectivity index (χ0v) is 16.0. The van der Waals surface area contributed by atoms with E-state index in [9.17, 15) is 0 Å². The second kappa shape index (κ2) is 9.10. The van der Waals surface area contributed by atoms with Gasteiger partial charge >= 0.3 is 0 Å². The predicted octanol–water partition coefficient (Wildman–Crippen LogP) is 5.68. The molecule has 0 radical (unpaired) electrons. The highest BCUT2D eigenvalue weighted by Gasteiger charge is 2.07. The normalized spacial score (nSPS) is 10.8. The van der Waals surface area contributed by atoms with Gasteiger partial charge in [0.1, 0.15) is 6.61 Å². The highest BCUT2D eigenvalue weighted by Crippen LogP contribution is 2.29.